The molecule has 1 radical (unpaired) electrons. The van der Waals surface area contributed by atoms with E-state index >= 15 is 0 Å². The zero-order valence-corrected chi connectivity index (χ0v) is 13.5. The van der Waals surface area contributed by atoms with Crippen LogP contribution >= 0.6 is 0 Å². The van der Waals surface area contributed by atoms with Crippen LogP contribution in [-0.2, 0) is 12.8 Å². The molecule has 2 aromatic rings. The Balaban J connectivity index is 1.83. The fraction of sp³-hybridized carbons (Fsp3) is 0.409. The summed E-state index contributed by atoms with van der Waals surface area (Å²) in [5.74, 6) is 0. The number of benzene rings is 2. The van der Waals surface area contributed by atoms with Gasteiger partial charge in [0.15, 0.2) is 0 Å². The standard InChI is InChI=1S/C22H27/c1-2-10-16-22(17-11-3-1,18-20-12-6-4-7-13-20)19-21-14-8-5-9-15-21/h4-9,12-16H,1-3,10-11,17-19H2. The molecule has 115 valence electrons. The lowest BCUT2D eigenvalue weighted by atomic mass is 9.69. The van der Waals surface area contributed by atoms with Crippen molar-refractivity contribution in [1.29, 1.82) is 0 Å². The molecule has 0 atom stereocenters. The molecule has 0 saturated heterocycles. The molecule has 1 aliphatic carbocycles. The summed E-state index contributed by atoms with van der Waals surface area (Å²) in [5.41, 5.74) is 3.30. The summed E-state index contributed by atoms with van der Waals surface area (Å²) < 4.78 is 0. The van der Waals surface area contributed by atoms with Crippen LogP contribution in [0.3, 0.4) is 0 Å². The molecule has 0 spiro atoms. The molecule has 1 fully saturated rings. The van der Waals surface area contributed by atoms with Crippen molar-refractivity contribution in [3.05, 3.63) is 78.2 Å². The van der Waals surface area contributed by atoms with Gasteiger partial charge < -0.3 is 0 Å². The zero-order chi connectivity index (χ0) is 15.1. The van der Waals surface area contributed by atoms with Crippen molar-refractivity contribution in [2.45, 2.75) is 51.4 Å². The lowest BCUT2D eigenvalue weighted by molar-refractivity contribution is 0.276. The fourth-order valence-electron chi connectivity index (χ4n) is 3.87. The van der Waals surface area contributed by atoms with E-state index < -0.39 is 0 Å². The van der Waals surface area contributed by atoms with Gasteiger partial charge in [-0.2, -0.15) is 0 Å². The van der Waals surface area contributed by atoms with Gasteiger partial charge in [0.05, 0.1) is 0 Å². The van der Waals surface area contributed by atoms with Crippen LogP contribution in [-0.4, -0.2) is 0 Å². The van der Waals surface area contributed by atoms with Crippen molar-refractivity contribution in [2.24, 2.45) is 5.41 Å². The van der Waals surface area contributed by atoms with Crippen LogP contribution < -0.4 is 0 Å². The van der Waals surface area contributed by atoms with Crippen molar-refractivity contribution in [3.8, 4) is 0 Å². The molecule has 1 aliphatic rings. The molecule has 22 heavy (non-hydrogen) atoms. The van der Waals surface area contributed by atoms with E-state index in [9.17, 15) is 0 Å². The van der Waals surface area contributed by atoms with Gasteiger partial charge in [0.2, 0.25) is 0 Å². The number of hydrogen-bond donors (Lipinski definition) is 0. The first-order valence-corrected chi connectivity index (χ1v) is 8.79. The monoisotopic (exact) mass is 291 g/mol. The molecule has 0 aromatic heterocycles. The summed E-state index contributed by atoms with van der Waals surface area (Å²) in [5, 5.41) is 0. The number of rotatable bonds is 4. The average molecular weight is 291 g/mol. The number of hydrogen-bond acceptors (Lipinski definition) is 0. The Morgan fingerprint density at radius 1 is 0.636 bits per heavy atom. The van der Waals surface area contributed by atoms with Crippen LogP contribution in [0.15, 0.2) is 60.7 Å². The van der Waals surface area contributed by atoms with E-state index in [4.69, 9.17) is 0 Å². The van der Waals surface area contributed by atoms with Crippen molar-refractivity contribution >= 4 is 0 Å². The SMILES string of the molecule is [CH]1CCCCCCC1(Cc1ccccc1)Cc1ccccc1. The Kier molecular flexibility index (Phi) is 5.32. The van der Waals surface area contributed by atoms with Crippen LogP contribution in [0.2, 0.25) is 0 Å². The Hall–Kier alpha value is -1.56. The van der Waals surface area contributed by atoms with Crippen molar-refractivity contribution < 1.29 is 0 Å². The van der Waals surface area contributed by atoms with E-state index in [2.05, 4.69) is 67.1 Å². The van der Waals surface area contributed by atoms with Crippen molar-refractivity contribution in [2.75, 3.05) is 0 Å². The van der Waals surface area contributed by atoms with Gasteiger partial charge >= 0.3 is 0 Å². The summed E-state index contributed by atoms with van der Waals surface area (Å²) >= 11 is 0. The minimum atomic E-state index is 0.336. The second-order valence-electron chi connectivity index (χ2n) is 6.84. The average Bonchev–Trinajstić information content (AvgIpc) is 2.53. The topological polar surface area (TPSA) is 0 Å². The molecule has 0 bridgehead atoms. The maximum absolute atomic E-state index is 2.66. The fourth-order valence-corrected chi connectivity index (χ4v) is 3.87. The highest BCUT2D eigenvalue weighted by Gasteiger charge is 2.31. The first kappa shape index (κ1) is 15.3. The molecule has 0 nitrogen and oxygen atoms in total. The highest BCUT2D eigenvalue weighted by Crippen LogP contribution is 2.39. The Labute approximate surface area is 135 Å². The third-order valence-electron chi connectivity index (χ3n) is 5.00. The van der Waals surface area contributed by atoms with Gasteiger partial charge in [-0.1, -0.05) is 86.3 Å². The van der Waals surface area contributed by atoms with Gasteiger partial charge in [-0.15, -0.1) is 0 Å². The highest BCUT2D eigenvalue weighted by atomic mass is 14.3. The summed E-state index contributed by atoms with van der Waals surface area (Å²) in [6.07, 6.45) is 13.2. The highest BCUT2D eigenvalue weighted by molar-refractivity contribution is 5.22. The summed E-state index contributed by atoms with van der Waals surface area (Å²) in [7, 11) is 0. The Morgan fingerprint density at radius 2 is 1.18 bits per heavy atom. The summed E-state index contributed by atoms with van der Waals surface area (Å²) in [4.78, 5) is 0. The zero-order valence-electron chi connectivity index (χ0n) is 13.5. The molecule has 0 N–H and O–H groups in total. The molecule has 2 aromatic carbocycles. The Morgan fingerprint density at radius 3 is 1.77 bits per heavy atom. The van der Waals surface area contributed by atoms with Crippen LogP contribution in [0, 0.1) is 11.8 Å². The van der Waals surface area contributed by atoms with E-state index in [1.54, 1.807) is 0 Å². The first-order chi connectivity index (χ1) is 10.9. The van der Waals surface area contributed by atoms with Crippen LogP contribution in [0.4, 0.5) is 0 Å². The first-order valence-electron chi connectivity index (χ1n) is 8.79. The van der Waals surface area contributed by atoms with Crippen molar-refractivity contribution in [3.63, 3.8) is 0 Å². The molecule has 0 unspecified atom stereocenters. The second-order valence-corrected chi connectivity index (χ2v) is 6.84. The quantitative estimate of drug-likeness (QED) is 0.646. The molecule has 0 heteroatoms. The second kappa shape index (κ2) is 7.63. The van der Waals surface area contributed by atoms with Gasteiger partial charge in [0.25, 0.3) is 0 Å². The minimum absolute atomic E-state index is 0.336. The third kappa shape index (κ3) is 4.22. The molecular weight excluding hydrogens is 264 g/mol. The van der Waals surface area contributed by atoms with Gasteiger partial charge in [0.1, 0.15) is 0 Å². The predicted molar refractivity (Wildman–Crippen MR) is 94.7 cm³/mol. The van der Waals surface area contributed by atoms with E-state index in [-0.39, 0.29) is 0 Å². The minimum Gasteiger partial charge on any atom is -0.0622 e. The van der Waals surface area contributed by atoms with Crippen LogP contribution in [0.5, 0.6) is 0 Å². The van der Waals surface area contributed by atoms with Crippen LogP contribution in [0.1, 0.15) is 49.7 Å². The molecular formula is C22H27. The third-order valence-corrected chi connectivity index (χ3v) is 5.00. The smallest absolute Gasteiger partial charge is 0.0186 e. The molecule has 0 amide bonds. The van der Waals surface area contributed by atoms with Gasteiger partial charge in [-0.05, 0) is 48.6 Å². The maximum atomic E-state index is 2.66. The lowest BCUT2D eigenvalue weighted by Gasteiger charge is -2.36. The van der Waals surface area contributed by atoms with Gasteiger partial charge in [-0.3, -0.25) is 0 Å². The van der Waals surface area contributed by atoms with Crippen molar-refractivity contribution in [1.82, 2.24) is 0 Å². The van der Waals surface area contributed by atoms with E-state index in [1.165, 1.54) is 62.5 Å². The van der Waals surface area contributed by atoms with Gasteiger partial charge in [0, 0.05) is 0 Å². The predicted octanol–water partition coefficient (Wildman–Crippen LogP) is 6.02. The van der Waals surface area contributed by atoms with Crippen LogP contribution in [0.25, 0.3) is 0 Å². The summed E-state index contributed by atoms with van der Waals surface area (Å²) in [6.45, 7) is 0. The van der Waals surface area contributed by atoms with E-state index in [0.29, 0.717) is 5.41 Å². The molecule has 0 heterocycles. The Bertz CT molecular complexity index is 489. The largest absolute Gasteiger partial charge is 0.0622 e. The molecule has 3 rings (SSSR count). The molecule has 1 saturated carbocycles. The summed E-state index contributed by atoms with van der Waals surface area (Å²) in [6, 6.07) is 22.1. The molecule has 0 aliphatic heterocycles. The maximum Gasteiger partial charge on any atom is -0.0186 e. The normalized spacial score (nSPS) is 18.4. The van der Waals surface area contributed by atoms with E-state index in [0.717, 1.165) is 0 Å². The van der Waals surface area contributed by atoms with Gasteiger partial charge in [-0.25, -0.2) is 0 Å². The van der Waals surface area contributed by atoms with E-state index in [1.807, 2.05) is 0 Å². The lowest BCUT2D eigenvalue weighted by Crippen LogP contribution is -2.28.